The van der Waals surface area contributed by atoms with E-state index in [-0.39, 0.29) is 28.8 Å². The first-order chi connectivity index (χ1) is 20.3. The Balaban J connectivity index is 1.44. The zero-order valence-corrected chi connectivity index (χ0v) is 25.3. The Kier molecular flexibility index (Phi) is 8.51. The average molecular weight is 603 g/mol. The van der Waals surface area contributed by atoms with Crippen molar-refractivity contribution in [1.82, 2.24) is 10.2 Å². The largest absolute Gasteiger partial charge is 0.493 e. The van der Waals surface area contributed by atoms with E-state index < -0.39 is 5.92 Å². The third-order valence-electron chi connectivity index (χ3n) is 7.31. The summed E-state index contributed by atoms with van der Waals surface area (Å²) in [5.74, 6) is 0.536. The highest BCUT2D eigenvalue weighted by Gasteiger charge is 2.41. The normalized spacial score (nSPS) is 16.7. The lowest BCUT2D eigenvalue weighted by Gasteiger charge is -2.38. The number of amides is 1. The maximum Gasteiger partial charge on any atom is 0.234 e. The average Bonchev–Trinajstić information content (AvgIpc) is 3.45. The van der Waals surface area contributed by atoms with E-state index in [4.69, 9.17) is 15.2 Å². The molecule has 2 aromatic carbocycles. The predicted octanol–water partition coefficient (Wildman–Crippen LogP) is 5.21. The molecule has 3 aromatic rings. The van der Waals surface area contributed by atoms with Gasteiger partial charge in [0.15, 0.2) is 21.6 Å². The zero-order valence-electron chi connectivity index (χ0n) is 23.7. The first-order valence-electron chi connectivity index (χ1n) is 13.3. The molecule has 0 fully saturated rings. The number of Topliss-reactive ketones (excluding diaryl/α,β-unsaturated/α-hetero) is 1. The molecule has 1 aliphatic carbocycles. The number of hydrogen-bond acceptors (Lipinski definition) is 11. The number of aromatic nitrogens is 2. The third-order valence-corrected chi connectivity index (χ3v) is 9.36. The summed E-state index contributed by atoms with van der Waals surface area (Å²) in [6.07, 6.45) is 1.62. The van der Waals surface area contributed by atoms with Crippen LogP contribution in [0.1, 0.15) is 41.9 Å². The van der Waals surface area contributed by atoms with E-state index in [1.165, 1.54) is 30.2 Å². The van der Waals surface area contributed by atoms with E-state index >= 15 is 0 Å². The molecule has 1 aromatic heterocycles. The Morgan fingerprint density at radius 3 is 2.60 bits per heavy atom. The second-order valence-corrected chi connectivity index (χ2v) is 12.1. The van der Waals surface area contributed by atoms with E-state index in [1.54, 1.807) is 24.1 Å². The van der Waals surface area contributed by atoms with E-state index in [0.29, 0.717) is 57.1 Å². The van der Waals surface area contributed by atoms with Crippen LogP contribution in [0, 0.1) is 25.2 Å². The first-order valence-corrected chi connectivity index (χ1v) is 15.1. The summed E-state index contributed by atoms with van der Waals surface area (Å²) < 4.78 is 11.4. The molecule has 10 nitrogen and oxygen atoms in total. The van der Waals surface area contributed by atoms with Gasteiger partial charge in [-0.15, -0.1) is 10.2 Å². The Morgan fingerprint density at radius 1 is 1.17 bits per heavy atom. The van der Waals surface area contributed by atoms with Gasteiger partial charge in [0.25, 0.3) is 0 Å². The van der Waals surface area contributed by atoms with Crippen molar-refractivity contribution in [2.75, 3.05) is 30.2 Å². The summed E-state index contributed by atoms with van der Waals surface area (Å²) in [5, 5.41) is 22.3. The number of para-hydroxylation sites is 1. The Hall–Kier alpha value is -4.34. The van der Waals surface area contributed by atoms with E-state index in [2.05, 4.69) is 21.6 Å². The van der Waals surface area contributed by atoms with Crippen LogP contribution in [0.5, 0.6) is 11.5 Å². The SMILES string of the molecule is COc1ccc(C2C(C#N)=C(N)N(c3nnc(SCC(=O)Nc4c(C)cccc4C)s3)C3=C2C(=O)CCC3)cc1OC. The second kappa shape index (κ2) is 12.3. The standard InChI is InChI=1S/C30H30N6O4S2/c1-16-7-5-8-17(2)27(16)33-24(38)15-41-30-35-34-29(42-30)36-20-9-6-10-21(37)26(20)25(19(14-31)28(36)32)18-11-12-22(39-3)23(13-18)40-4/h5,7-8,11-13,25H,6,9-10,15,32H2,1-4H3,(H,33,38). The number of nitriles is 1. The van der Waals surface area contributed by atoms with Crippen molar-refractivity contribution in [2.24, 2.45) is 5.73 Å². The van der Waals surface area contributed by atoms with Crippen LogP contribution in [0.4, 0.5) is 10.8 Å². The lowest BCUT2D eigenvalue weighted by atomic mass is 9.75. The molecule has 0 radical (unpaired) electrons. The Morgan fingerprint density at radius 2 is 1.90 bits per heavy atom. The lowest BCUT2D eigenvalue weighted by Crippen LogP contribution is -2.38. The molecule has 1 unspecified atom stereocenters. The lowest BCUT2D eigenvalue weighted by molar-refractivity contribution is -0.116. The molecular weight excluding hydrogens is 573 g/mol. The van der Waals surface area contributed by atoms with Crippen molar-refractivity contribution in [2.45, 2.75) is 43.4 Å². The van der Waals surface area contributed by atoms with Gasteiger partial charge in [-0.05, 0) is 55.5 Å². The quantitative estimate of drug-likeness (QED) is 0.330. The van der Waals surface area contributed by atoms with Gasteiger partial charge in [-0.2, -0.15) is 5.26 Å². The summed E-state index contributed by atoms with van der Waals surface area (Å²) >= 11 is 2.52. The van der Waals surface area contributed by atoms with Crippen molar-refractivity contribution in [3.8, 4) is 17.6 Å². The molecule has 2 heterocycles. The Bertz CT molecular complexity index is 1650. The fourth-order valence-electron chi connectivity index (χ4n) is 5.34. The summed E-state index contributed by atoms with van der Waals surface area (Å²) in [5.41, 5.74) is 11.6. The molecule has 42 heavy (non-hydrogen) atoms. The van der Waals surface area contributed by atoms with Crippen LogP contribution in [-0.2, 0) is 9.59 Å². The molecule has 12 heteroatoms. The first kappa shape index (κ1) is 29.2. The second-order valence-electron chi connectivity index (χ2n) is 9.88. The highest BCUT2D eigenvalue weighted by molar-refractivity contribution is 8.01. The smallest absolute Gasteiger partial charge is 0.234 e. The fraction of sp³-hybridized carbons (Fsp3) is 0.300. The molecule has 0 bridgehead atoms. The molecule has 216 valence electrons. The van der Waals surface area contributed by atoms with Crippen LogP contribution in [0.2, 0.25) is 0 Å². The molecule has 1 amide bonds. The van der Waals surface area contributed by atoms with Gasteiger partial charge in [0.2, 0.25) is 11.0 Å². The number of thioether (sulfide) groups is 1. The highest BCUT2D eigenvalue weighted by Crippen LogP contribution is 2.48. The van der Waals surface area contributed by atoms with Crippen molar-refractivity contribution < 1.29 is 19.1 Å². The van der Waals surface area contributed by atoms with Crippen LogP contribution >= 0.6 is 23.1 Å². The van der Waals surface area contributed by atoms with Gasteiger partial charge in [0.05, 0.1) is 37.5 Å². The topological polar surface area (TPSA) is 143 Å². The van der Waals surface area contributed by atoms with Crippen molar-refractivity contribution in [1.29, 1.82) is 5.26 Å². The predicted molar refractivity (Wildman–Crippen MR) is 163 cm³/mol. The minimum Gasteiger partial charge on any atom is -0.493 e. The van der Waals surface area contributed by atoms with Gasteiger partial charge in [-0.1, -0.05) is 47.4 Å². The van der Waals surface area contributed by atoms with Gasteiger partial charge in [-0.3, -0.25) is 14.5 Å². The number of carbonyl (C=O) groups is 2. The van der Waals surface area contributed by atoms with Crippen molar-refractivity contribution >= 4 is 45.6 Å². The number of aryl methyl sites for hydroxylation is 2. The number of hydrogen-bond donors (Lipinski definition) is 2. The van der Waals surface area contributed by atoms with Crippen LogP contribution in [0.15, 0.2) is 63.4 Å². The van der Waals surface area contributed by atoms with E-state index in [1.807, 2.05) is 38.1 Å². The minimum atomic E-state index is -0.649. The maximum atomic E-state index is 13.4. The van der Waals surface area contributed by atoms with E-state index in [0.717, 1.165) is 16.8 Å². The van der Waals surface area contributed by atoms with Gasteiger partial charge < -0.3 is 20.5 Å². The highest BCUT2D eigenvalue weighted by atomic mass is 32.2. The number of allylic oxidation sites excluding steroid dienone is 3. The number of nitrogens with zero attached hydrogens (tertiary/aromatic N) is 4. The summed E-state index contributed by atoms with van der Waals surface area (Å²) in [7, 11) is 3.08. The molecule has 0 spiro atoms. The van der Waals surface area contributed by atoms with Gasteiger partial charge in [0, 0.05) is 23.4 Å². The molecule has 3 N–H and O–H groups in total. The number of anilines is 2. The molecule has 1 atom stereocenters. The third kappa shape index (κ3) is 5.45. The summed E-state index contributed by atoms with van der Waals surface area (Å²) in [6.45, 7) is 3.90. The molecule has 5 rings (SSSR count). The number of methoxy groups -OCH3 is 2. The molecule has 0 saturated heterocycles. The monoisotopic (exact) mass is 602 g/mol. The Labute approximate surface area is 252 Å². The number of nitrogens with one attached hydrogen (secondary N) is 1. The molecular formula is C30H30N6O4S2. The number of benzene rings is 2. The molecule has 0 saturated carbocycles. The molecule has 1 aliphatic heterocycles. The number of rotatable bonds is 8. The van der Waals surface area contributed by atoms with Crippen molar-refractivity contribution in [3.05, 3.63) is 75.8 Å². The minimum absolute atomic E-state index is 0.0384. The summed E-state index contributed by atoms with van der Waals surface area (Å²) in [4.78, 5) is 27.8. The number of nitrogens with two attached hydrogens (primary N) is 1. The van der Waals surface area contributed by atoms with Gasteiger partial charge in [0.1, 0.15) is 5.82 Å². The molecule has 2 aliphatic rings. The number of ketones is 1. The van der Waals surface area contributed by atoms with Gasteiger partial charge >= 0.3 is 0 Å². The number of ether oxygens (including phenoxy) is 2. The maximum absolute atomic E-state index is 13.4. The van der Waals surface area contributed by atoms with Crippen LogP contribution in [0.3, 0.4) is 0 Å². The summed E-state index contributed by atoms with van der Waals surface area (Å²) in [6, 6.07) is 13.5. The van der Waals surface area contributed by atoms with Crippen LogP contribution in [0.25, 0.3) is 0 Å². The zero-order chi connectivity index (χ0) is 30.0. The van der Waals surface area contributed by atoms with Crippen LogP contribution < -0.4 is 25.4 Å². The van der Waals surface area contributed by atoms with Crippen LogP contribution in [-0.4, -0.2) is 41.9 Å². The fourth-order valence-corrected chi connectivity index (χ4v) is 7.02. The van der Waals surface area contributed by atoms with Crippen molar-refractivity contribution in [3.63, 3.8) is 0 Å². The van der Waals surface area contributed by atoms with Gasteiger partial charge in [-0.25, -0.2) is 0 Å². The van der Waals surface area contributed by atoms with E-state index in [9.17, 15) is 14.9 Å². The number of carbonyl (C=O) groups excluding carboxylic acids is 2.